The second-order valence-corrected chi connectivity index (χ2v) is 4.98. The van der Waals surface area contributed by atoms with Gasteiger partial charge in [0.25, 0.3) is 0 Å². The van der Waals surface area contributed by atoms with Gasteiger partial charge in [-0.05, 0) is 45.3 Å². The van der Waals surface area contributed by atoms with E-state index in [1.807, 2.05) is 0 Å². The molecular formula is C13H28N2O. The predicted molar refractivity (Wildman–Crippen MR) is 68.9 cm³/mol. The summed E-state index contributed by atoms with van der Waals surface area (Å²) in [5.74, 6) is 0. The van der Waals surface area contributed by atoms with Crippen LogP contribution >= 0.6 is 0 Å². The van der Waals surface area contributed by atoms with Crippen LogP contribution in [0.3, 0.4) is 0 Å². The SMILES string of the molecule is CC(C)NCCCCOCCN1CCCC1. The minimum absolute atomic E-state index is 0.607. The molecule has 0 amide bonds. The number of hydrogen-bond donors (Lipinski definition) is 1. The van der Waals surface area contributed by atoms with Crippen LogP contribution in [0.15, 0.2) is 0 Å². The summed E-state index contributed by atoms with van der Waals surface area (Å²) in [6.45, 7) is 11.0. The summed E-state index contributed by atoms with van der Waals surface area (Å²) in [4.78, 5) is 2.50. The van der Waals surface area contributed by atoms with Crippen molar-refractivity contribution in [3.05, 3.63) is 0 Å². The monoisotopic (exact) mass is 228 g/mol. The maximum absolute atomic E-state index is 5.63. The maximum Gasteiger partial charge on any atom is 0.0593 e. The van der Waals surface area contributed by atoms with E-state index in [9.17, 15) is 0 Å². The van der Waals surface area contributed by atoms with E-state index >= 15 is 0 Å². The number of nitrogens with zero attached hydrogens (tertiary/aromatic N) is 1. The third-order valence-corrected chi connectivity index (χ3v) is 3.02. The highest BCUT2D eigenvalue weighted by atomic mass is 16.5. The Labute approximate surface area is 101 Å². The van der Waals surface area contributed by atoms with Gasteiger partial charge in [0.2, 0.25) is 0 Å². The first-order valence-corrected chi connectivity index (χ1v) is 6.82. The standard InChI is InChI=1S/C13H28N2O/c1-13(2)14-7-3-6-11-16-12-10-15-8-4-5-9-15/h13-14H,3-12H2,1-2H3. The lowest BCUT2D eigenvalue weighted by molar-refractivity contribution is 0.108. The van der Waals surface area contributed by atoms with E-state index in [4.69, 9.17) is 4.74 Å². The Morgan fingerprint density at radius 1 is 1.12 bits per heavy atom. The van der Waals surface area contributed by atoms with Crippen molar-refractivity contribution in [2.75, 3.05) is 39.4 Å². The van der Waals surface area contributed by atoms with Crippen molar-refractivity contribution < 1.29 is 4.74 Å². The molecule has 0 aromatic rings. The third kappa shape index (κ3) is 7.20. The number of ether oxygens (including phenoxy) is 1. The third-order valence-electron chi connectivity index (χ3n) is 3.02. The number of likely N-dealkylation sites (tertiary alicyclic amines) is 1. The zero-order valence-corrected chi connectivity index (χ0v) is 11.0. The van der Waals surface area contributed by atoms with Gasteiger partial charge >= 0.3 is 0 Å². The van der Waals surface area contributed by atoms with Crippen LogP contribution in [0.1, 0.15) is 39.5 Å². The van der Waals surface area contributed by atoms with Crippen LogP contribution in [0.5, 0.6) is 0 Å². The molecule has 0 aromatic heterocycles. The molecule has 1 N–H and O–H groups in total. The van der Waals surface area contributed by atoms with Crippen molar-refractivity contribution in [1.82, 2.24) is 10.2 Å². The summed E-state index contributed by atoms with van der Waals surface area (Å²) >= 11 is 0. The van der Waals surface area contributed by atoms with Gasteiger partial charge in [-0.15, -0.1) is 0 Å². The molecule has 1 heterocycles. The average molecular weight is 228 g/mol. The molecule has 0 aromatic carbocycles. The lowest BCUT2D eigenvalue weighted by Crippen LogP contribution is -2.25. The Morgan fingerprint density at radius 3 is 2.56 bits per heavy atom. The van der Waals surface area contributed by atoms with Gasteiger partial charge in [-0.2, -0.15) is 0 Å². The Morgan fingerprint density at radius 2 is 1.88 bits per heavy atom. The molecule has 1 saturated heterocycles. The van der Waals surface area contributed by atoms with E-state index < -0.39 is 0 Å². The van der Waals surface area contributed by atoms with E-state index in [0.717, 1.165) is 26.3 Å². The van der Waals surface area contributed by atoms with E-state index in [1.54, 1.807) is 0 Å². The van der Waals surface area contributed by atoms with Crippen molar-refractivity contribution >= 4 is 0 Å². The van der Waals surface area contributed by atoms with Gasteiger partial charge in [0.15, 0.2) is 0 Å². The van der Waals surface area contributed by atoms with Crippen molar-refractivity contribution in [3.8, 4) is 0 Å². The normalized spacial score (nSPS) is 17.4. The number of unbranched alkanes of at least 4 members (excludes halogenated alkanes) is 1. The zero-order chi connectivity index (χ0) is 11.6. The molecule has 16 heavy (non-hydrogen) atoms. The van der Waals surface area contributed by atoms with Gasteiger partial charge in [-0.3, -0.25) is 0 Å². The number of nitrogens with one attached hydrogen (secondary N) is 1. The van der Waals surface area contributed by atoms with E-state index in [0.29, 0.717) is 6.04 Å². The Kier molecular flexibility index (Phi) is 7.81. The molecule has 3 nitrogen and oxygen atoms in total. The fourth-order valence-electron chi connectivity index (χ4n) is 2.02. The van der Waals surface area contributed by atoms with Crippen molar-refractivity contribution in [1.29, 1.82) is 0 Å². The molecule has 0 bridgehead atoms. The molecule has 0 aliphatic carbocycles. The highest BCUT2D eigenvalue weighted by Crippen LogP contribution is 2.05. The first-order valence-electron chi connectivity index (χ1n) is 6.82. The minimum atomic E-state index is 0.607. The van der Waals surface area contributed by atoms with Gasteiger partial charge in [-0.25, -0.2) is 0 Å². The summed E-state index contributed by atoms with van der Waals surface area (Å²) in [7, 11) is 0. The van der Waals surface area contributed by atoms with E-state index in [1.165, 1.54) is 38.8 Å². The van der Waals surface area contributed by atoms with Crippen LogP contribution in [-0.2, 0) is 4.74 Å². The Hall–Kier alpha value is -0.120. The Bertz CT molecular complexity index is 156. The summed E-state index contributed by atoms with van der Waals surface area (Å²) in [6.07, 6.45) is 5.16. The molecule has 1 fully saturated rings. The summed E-state index contributed by atoms with van der Waals surface area (Å²) in [5.41, 5.74) is 0. The second-order valence-electron chi connectivity index (χ2n) is 4.98. The minimum Gasteiger partial charge on any atom is -0.380 e. The number of rotatable bonds is 9. The summed E-state index contributed by atoms with van der Waals surface area (Å²) < 4.78 is 5.63. The molecule has 0 radical (unpaired) electrons. The van der Waals surface area contributed by atoms with Crippen LogP contribution in [0.2, 0.25) is 0 Å². The topological polar surface area (TPSA) is 24.5 Å². The molecule has 96 valence electrons. The Balaban J connectivity index is 1.74. The average Bonchev–Trinajstić information content (AvgIpc) is 2.74. The van der Waals surface area contributed by atoms with E-state index in [2.05, 4.69) is 24.1 Å². The molecule has 3 heteroatoms. The van der Waals surface area contributed by atoms with Crippen LogP contribution in [0, 0.1) is 0 Å². The molecule has 0 atom stereocenters. The first kappa shape index (κ1) is 13.9. The molecule has 1 aliphatic heterocycles. The quantitative estimate of drug-likeness (QED) is 0.610. The largest absolute Gasteiger partial charge is 0.380 e. The maximum atomic E-state index is 5.63. The van der Waals surface area contributed by atoms with Gasteiger partial charge in [0.05, 0.1) is 6.61 Å². The smallest absolute Gasteiger partial charge is 0.0593 e. The van der Waals surface area contributed by atoms with Crippen LogP contribution < -0.4 is 5.32 Å². The van der Waals surface area contributed by atoms with Gasteiger partial charge in [0.1, 0.15) is 0 Å². The molecule has 0 saturated carbocycles. The summed E-state index contributed by atoms with van der Waals surface area (Å²) in [5, 5.41) is 3.42. The van der Waals surface area contributed by atoms with E-state index in [-0.39, 0.29) is 0 Å². The van der Waals surface area contributed by atoms with Crippen molar-refractivity contribution in [2.45, 2.75) is 45.6 Å². The fraction of sp³-hybridized carbons (Fsp3) is 1.00. The highest BCUT2D eigenvalue weighted by molar-refractivity contribution is 4.65. The fourth-order valence-corrected chi connectivity index (χ4v) is 2.02. The lowest BCUT2D eigenvalue weighted by Gasteiger charge is -2.14. The predicted octanol–water partition coefficient (Wildman–Crippen LogP) is 1.88. The van der Waals surface area contributed by atoms with Crippen LogP contribution in [0.4, 0.5) is 0 Å². The second kappa shape index (κ2) is 8.97. The highest BCUT2D eigenvalue weighted by Gasteiger charge is 2.09. The van der Waals surface area contributed by atoms with Gasteiger partial charge < -0.3 is 15.0 Å². The van der Waals surface area contributed by atoms with Crippen molar-refractivity contribution in [3.63, 3.8) is 0 Å². The first-order chi connectivity index (χ1) is 7.79. The molecule has 0 spiro atoms. The zero-order valence-electron chi connectivity index (χ0n) is 11.0. The lowest BCUT2D eigenvalue weighted by atomic mass is 10.3. The van der Waals surface area contributed by atoms with Crippen LogP contribution in [-0.4, -0.2) is 50.3 Å². The molecule has 1 aliphatic rings. The van der Waals surface area contributed by atoms with Gasteiger partial charge in [-0.1, -0.05) is 13.8 Å². The summed E-state index contributed by atoms with van der Waals surface area (Å²) in [6, 6.07) is 0.607. The molecule has 1 rings (SSSR count). The van der Waals surface area contributed by atoms with Crippen molar-refractivity contribution in [2.24, 2.45) is 0 Å². The number of hydrogen-bond acceptors (Lipinski definition) is 3. The van der Waals surface area contributed by atoms with Gasteiger partial charge in [0, 0.05) is 19.2 Å². The molecular weight excluding hydrogens is 200 g/mol. The molecule has 0 unspecified atom stereocenters. The van der Waals surface area contributed by atoms with Crippen LogP contribution in [0.25, 0.3) is 0 Å².